The molecule has 6 heteroatoms. The molecule has 0 aromatic heterocycles. The van der Waals surface area contributed by atoms with Gasteiger partial charge in [-0.3, -0.25) is 9.59 Å². The van der Waals surface area contributed by atoms with Crippen molar-refractivity contribution >= 4 is 27.9 Å². The van der Waals surface area contributed by atoms with Crippen LogP contribution in [0.25, 0.3) is 0 Å². The lowest BCUT2D eigenvalue weighted by atomic mass is 10.1. The Morgan fingerprint density at radius 1 is 1.29 bits per heavy atom. The summed E-state index contributed by atoms with van der Waals surface area (Å²) in [6.45, 7) is 2.73. The summed E-state index contributed by atoms with van der Waals surface area (Å²) in [4.78, 5) is 22.4. The Morgan fingerprint density at radius 2 is 1.94 bits per heavy atom. The Kier molecular flexibility index (Phi) is 2.36. The largest absolute Gasteiger partial charge is 0.298 e. The first-order valence-electron chi connectivity index (χ1n) is 4.97. The average molecular weight is 253 g/mol. The zero-order valence-corrected chi connectivity index (χ0v) is 10.2. The van der Waals surface area contributed by atoms with Crippen LogP contribution in [0.2, 0.25) is 0 Å². The van der Waals surface area contributed by atoms with Crippen LogP contribution >= 0.6 is 0 Å². The Hall–Kier alpha value is -1.69. The van der Waals surface area contributed by atoms with Gasteiger partial charge in [-0.25, -0.2) is 12.7 Å². The molecular weight excluding hydrogens is 242 g/mol. The minimum absolute atomic E-state index is 0.207. The van der Waals surface area contributed by atoms with Gasteiger partial charge in [0.05, 0.1) is 5.69 Å². The van der Waals surface area contributed by atoms with Gasteiger partial charge in [0.15, 0.2) is 4.75 Å². The van der Waals surface area contributed by atoms with Crippen molar-refractivity contribution in [3.8, 4) is 0 Å². The molecule has 1 aliphatic heterocycles. The number of anilines is 1. The zero-order valence-electron chi connectivity index (χ0n) is 9.38. The fourth-order valence-electron chi connectivity index (χ4n) is 1.63. The number of hydrogen-bond donors (Lipinski definition) is 0. The van der Waals surface area contributed by atoms with E-state index >= 15 is 0 Å². The van der Waals surface area contributed by atoms with Crippen molar-refractivity contribution in [1.82, 2.24) is 0 Å². The highest BCUT2D eigenvalue weighted by atomic mass is 32.2. The monoisotopic (exact) mass is 253 g/mol. The van der Waals surface area contributed by atoms with E-state index in [0.717, 1.165) is 4.31 Å². The zero-order chi connectivity index (χ0) is 12.8. The molecule has 0 unspecified atom stereocenters. The van der Waals surface area contributed by atoms with Crippen LogP contribution in [-0.4, -0.2) is 25.4 Å². The molecule has 0 bridgehead atoms. The van der Waals surface area contributed by atoms with Crippen molar-refractivity contribution < 1.29 is 18.0 Å². The number of carbonyl (C=O) groups excluding carboxylic acids is 2. The van der Waals surface area contributed by atoms with Crippen LogP contribution < -0.4 is 4.31 Å². The molecule has 0 radical (unpaired) electrons. The summed E-state index contributed by atoms with van der Waals surface area (Å²) >= 11 is 0. The number of nitrogens with zero attached hydrogens (tertiary/aromatic N) is 1. The number of carbonyl (C=O) groups is 2. The molecule has 1 amide bonds. The Balaban J connectivity index is 2.50. The van der Waals surface area contributed by atoms with Gasteiger partial charge in [0.1, 0.15) is 6.29 Å². The first kappa shape index (κ1) is 11.8. The van der Waals surface area contributed by atoms with Crippen molar-refractivity contribution in [2.24, 2.45) is 0 Å². The molecule has 0 N–H and O–H groups in total. The summed E-state index contributed by atoms with van der Waals surface area (Å²) in [5.41, 5.74) is 0.536. The number of rotatable bonds is 2. The number of aldehydes is 1. The van der Waals surface area contributed by atoms with Crippen LogP contribution in [0, 0.1) is 0 Å². The molecule has 5 nitrogen and oxygen atoms in total. The molecular formula is C11H11NO4S. The van der Waals surface area contributed by atoms with Gasteiger partial charge < -0.3 is 0 Å². The van der Waals surface area contributed by atoms with Crippen molar-refractivity contribution in [1.29, 1.82) is 0 Å². The SMILES string of the molecule is CC1(C)C(=O)N(c2cccc(C=O)c2)S1(=O)=O. The van der Waals surface area contributed by atoms with Gasteiger partial charge in [0.25, 0.3) is 15.9 Å². The quantitative estimate of drug-likeness (QED) is 0.736. The molecule has 1 aromatic carbocycles. The normalized spacial score (nSPS) is 20.8. The third-order valence-corrected chi connectivity index (χ3v) is 5.15. The summed E-state index contributed by atoms with van der Waals surface area (Å²) in [6.07, 6.45) is 0.603. The standard InChI is InChI=1S/C11H11NO4S/c1-11(2)10(14)12(17(11,15)16)9-5-3-4-8(6-9)7-13/h3-7H,1-2H3. The third-order valence-electron chi connectivity index (χ3n) is 2.83. The molecule has 1 aromatic rings. The smallest absolute Gasteiger partial charge is 0.263 e. The molecule has 0 saturated carbocycles. The van der Waals surface area contributed by atoms with E-state index in [0.29, 0.717) is 11.8 Å². The van der Waals surface area contributed by atoms with E-state index in [2.05, 4.69) is 0 Å². The van der Waals surface area contributed by atoms with Gasteiger partial charge >= 0.3 is 0 Å². The highest BCUT2D eigenvalue weighted by Gasteiger charge is 2.60. The minimum Gasteiger partial charge on any atom is -0.298 e. The van der Waals surface area contributed by atoms with E-state index in [1.54, 1.807) is 6.07 Å². The molecule has 90 valence electrons. The fraction of sp³-hybridized carbons (Fsp3) is 0.273. The van der Waals surface area contributed by atoms with E-state index in [4.69, 9.17) is 0 Å². The van der Waals surface area contributed by atoms with Gasteiger partial charge in [-0.2, -0.15) is 0 Å². The lowest BCUT2D eigenvalue weighted by Gasteiger charge is -2.42. The number of amides is 1. The van der Waals surface area contributed by atoms with Crippen LogP contribution in [0.15, 0.2) is 24.3 Å². The van der Waals surface area contributed by atoms with E-state index in [1.165, 1.54) is 32.0 Å². The maximum absolute atomic E-state index is 11.9. The number of sulfonamides is 1. The molecule has 17 heavy (non-hydrogen) atoms. The van der Waals surface area contributed by atoms with Crippen molar-refractivity contribution in [2.75, 3.05) is 4.31 Å². The highest BCUT2D eigenvalue weighted by Crippen LogP contribution is 2.38. The lowest BCUT2D eigenvalue weighted by Crippen LogP contribution is -2.67. The van der Waals surface area contributed by atoms with E-state index in [9.17, 15) is 18.0 Å². The number of benzene rings is 1. The molecule has 0 atom stereocenters. The first-order valence-corrected chi connectivity index (χ1v) is 6.41. The van der Waals surface area contributed by atoms with Crippen LogP contribution in [0.4, 0.5) is 5.69 Å². The summed E-state index contributed by atoms with van der Waals surface area (Å²) in [5.74, 6) is -0.486. The predicted octanol–water partition coefficient (Wildman–Crippen LogP) is 0.954. The Bertz CT molecular complexity index is 604. The van der Waals surface area contributed by atoms with Gasteiger partial charge in [0.2, 0.25) is 0 Å². The highest BCUT2D eigenvalue weighted by molar-refractivity contribution is 7.98. The summed E-state index contributed by atoms with van der Waals surface area (Å²) in [6, 6.07) is 5.93. The maximum Gasteiger partial charge on any atom is 0.263 e. The van der Waals surface area contributed by atoms with Gasteiger partial charge in [-0.1, -0.05) is 12.1 Å². The maximum atomic E-state index is 11.9. The minimum atomic E-state index is -3.66. The summed E-state index contributed by atoms with van der Waals surface area (Å²) in [7, 11) is -3.66. The molecule has 1 aliphatic rings. The summed E-state index contributed by atoms with van der Waals surface area (Å²) in [5, 5.41) is 0. The Morgan fingerprint density at radius 3 is 2.47 bits per heavy atom. The van der Waals surface area contributed by atoms with Crippen LogP contribution in [0.3, 0.4) is 0 Å². The third kappa shape index (κ3) is 1.40. The molecule has 0 aliphatic carbocycles. The second kappa shape index (κ2) is 3.40. The van der Waals surface area contributed by atoms with Crippen LogP contribution in [-0.2, 0) is 14.8 Å². The molecule has 1 heterocycles. The molecule has 2 rings (SSSR count). The molecule has 1 saturated heterocycles. The second-order valence-electron chi connectivity index (χ2n) is 4.30. The summed E-state index contributed by atoms with van der Waals surface area (Å²) < 4.78 is 23.1. The fourth-order valence-corrected chi connectivity index (χ4v) is 3.11. The van der Waals surface area contributed by atoms with Gasteiger partial charge in [0, 0.05) is 5.56 Å². The van der Waals surface area contributed by atoms with Crippen LogP contribution in [0.5, 0.6) is 0 Å². The topological polar surface area (TPSA) is 71.5 Å². The van der Waals surface area contributed by atoms with Crippen molar-refractivity contribution in [2.45, 2.75) is 18.6 Å². The van der Waals surface area contributed by atoms with Gasteiger partial charge in [-0.15, -0.1) is 0 Å². The molecule has 1 fully saturated rings. The van der Waals surface area contributed by atoms with E-state index in [1.807, 2.05) is 0 Å². The van der Waals surface area contributed by atoms with Crippen molar-refractivity contribution in [3.05, 3.63) is 29.8 Å². The van der Waals surface area contributed by atoms with E-state index in [-0.39, 0.29) is 5.69 Å². The number of hydrogen-bond acceptors (Lipinski definition) is 4. The second-order valence-corrected chi connectivity index (χ2v) is 6.63. The predicted molar refractivity (Wildman–Crippen MR) is 62.3 cm³/mol. The Labute approximate surface area is 99.1 Å². The average Bonchev–Trinajstić information content (AvgIpc) is 2.29. The van der Waals surface area contributed by atoms with Crippen molar-refractivity contribution in [3.63, 3.8) is 0 Å². The molecule has 0 spiro atoms. The van der Waals surface area contributed by atoms with E-state index < -0.39 is 20.7 Å². The van der Waals surface area contributed by atoms with Gasteiger partial charge in [-0.05, 0) is 26.0 Å². The lowest BCUT2D eigenvalue weighted by molar-refractivity contribution is -0.120. The van der Waals surface area contributed by atoms with Crippen LogP contribution in [0.1, 0.15) is 24.2 Å². The first-order chi connectivity index (χ1) is 7.82.